The summed E-state index contributed by atoms with van der Waals surface area (Å²) in [5.41, 5.74) is 0.768. The molecule has 2 aromatic rings. The lowest BCUT2D eigenvalue weighted by Gasteiger charge is -2.13. The van der Waals surface area contributed by atoms with E-state index in [1.54, 1.807) is 12.1 Å². The molecule has 0 saturated carbocycles. The van der Waals surface area contributed by atoms with Gasteiger partial charge in [0.25, 0.3) is 0 Å². The number of rotatable bonds is 7. The average Bonchev–Trinajstić information content (AvgIpc) is 2.49. The van der Waals surface area contributed by atoms with Crippen LogP contribution in [0.4, 0.5) is 4.39 Å². The van der Waals surface area contributed by atoms with E-state index in [0.717, 1.165) is 5.56 Å². The number of aliphatic hydroxyl groups is 1. The summed E-state index contributed by atoms with van der Waals surface area (Å²) in [7, 11) is 0. The van der Waals surface area contributed by atoms with E-state index in [-0.39, 0.29) is 18.2 Å². The van der Waals surface area contributed by atoms with Crippen LogP contribution in [-0.4, -0.2) is 29.5 Å². The lowest BCUT2D eigenvalue weighted by molar-refractivity contribution is 0.106. The van der Waals surface area contributed by atoms with Crippen molar-refractivity contribution in [2.45, 2.75) is 12.6 Å². The van der Waals surface area contributed by atoms with E-state index in [2.05, 4.69) is 5.32 Å². The average molecular weight is 291 g/mol. The Balaban J connectivity index is 1.69. The number of phenolic OH excluding ortho intramolecular Hbond substituents is 1. The number of benzene rings is 2. The van der Waals surface area contributed by atoms with Gasteiger partial charge in [-0.15, -0.1) is 0 Å². The highest BCUT2D eigenvalue weighted by Gasteiger charge is 2.06. The van der Waals surface area contributed by atoms with Gasteiger partial charge in [-0.05, 0) is 30.3 Å². The number of aromatic hydroxyl groups is 1. The molecule has 0 aromatic heterocycles. The van der Waals surface area contributed by atoms with Crippen LogP contribution in [0.5, 0.6) is 11.5 Å². The molecule has 0 radical (unpaired) electrons. The maximum atomic E-state index is 12.7. The molecule has 112 valence electrons. The molecule has 21 heavy (non-hydrogen) atoms. The van der Waals surface area contributed by atoms with Crippen LogP contribution < -0.4 is 10.1 Å². The van der Waals surface area contributed by atoms with E-state index in [4.69, 9.17) is 4.74 Å². The van der Waals surface area contributed by atoms with Crippen LogP contribution in [0.1, 0.15) is 5.56 Å². The molecule has 2 aromatic carbocycles. The van der Waals surface area contributed by atoms with Crippen LogP contribution in [0.15, 0.2) is 48.5 Å². The lowest BCUT2D eigenvalue weighted by atomic mass is 10.2. The summed E-state index contributed by atoms with van der Waals surface area (Å²) in [6.45, 7) is 0.898. The highest BCUT2D eigenvalue weighted by Crippen LogP contribution is 2.15. The lowest BCUT2D eigenvalue weighted by Crippen LogP contribution is -2.31. The Morgan fingerprint density at radius 3 is 2.52 bits per heavy atom. The summed E-state index contributed by atoms with van der Waals surface area (Å²) in [6, 6.07) is 12.6. The summed E-state index contributed by atoms with van der Waals surface area (Å²) in [5, 5.41) is 22.4. The first kappa shape index (κ1) is 15.3. The molecule has 0 aliphatic rings. The van der Waals surface area contributed by atoms with E-state index in [9.17, 15) is 14.6 Å². The second kappa shape index (κ2) is 7.61. The second-order valence-electron chi connectivity index (χ2n) is 4.68. The fourth-order valence-electron chi connectivity index (χ4n) is 1.82. The van der Waals surface area contributed by atoms with Gasteiger partial charge in [0.05, 0.1) is 0 Å². The quantitative estimate of drug-likeness (QED) is 0.731. The van der Waals surface area contributed by atoms with Crippen LogP contribution in [0.25, 0.3) is 0 Å². The highest BCUT2D eigenvalue weighted by atomic mass is 19.1. The monoisotopic (exact) mass is 291 g/mol. The van der Waals surface area contributed by atoms with Gasteiger partial charge in [0.15, 0.2) is 0 Å². The van der Waals surface area contributed by atoms with Crippen molar-refractivity contribution < 1.29 is 19.3 Å². The fraction of sp³-hybridized carbons (Fsp3) is 0.250. The Kier molecular flexibility index (Phi) is 5.54. The molecular formula is C16H18FNO3. The molecule has 0 aliphatic heterocycles. The Morgan fingerprint density at radius 1 is 1.10 bits per heavy atom. The summed E-state index contributed by atoms with van der Waals surface area (Å²) in [6.07, 6.45) is -0.694. The van der Waals surface area contributed by atoms with Gasteiger partial charge in [-0.1, -0.05) is 18.2 Å². The van der Waals surface area contributed by atoms with E-state index >= 15 is 0 Å². The van der Waals surface area contributed by atoms with Gasteiger partial charge < -0.3 is 20.3 Å². The fourth-order valence-corrected chi connectivity index (χ4v) is 1.82. The minimum atomic E-state index is -0.694. The van der Waals surface area contributed by atoms with Gasteiger partial charge in [0.1, 0.15) is 30.0 Å². The first-order valence-electron chi connectivity index (χ1n) is 6.69. The van der Waals surface area contributed by atoms with E-state index < -0.39 is 6.10 Å². The molecule has 0 amide bonds. The molecule has 2 rings (SSSR count). The third-order valence-corrected chi connectivity index (χ3v) is 2.94. The molecule has 4 nitrogen and oxygen atoms in total. The third kappa shape index (κ3) is 5.06. The largest absolute Gasteiger partial charge is 0.508 e. The SMILES string of the molecule is Oc1ccccc1CNCC(O)COc1ccc(F)cc1. The van der Waals surface area contributed by atoms with Crippen molar-refractivity contribution in [2.24, 2.45) is 0 Å². The van der Waals surface area contributed by atoms with Crippen LogP contribution in [0.2, 0.25) is 0 Å². The topological polar surface area (TPSA) is 61.7 Å². The molecule has 0 saturated heterocycles. The molecule has 0 aliphatic carbocycles. The molecule has 1 unspecified atom stereocenters. The van der Waals surface area contributed by atoms with E-state index in [1.807, 2.05) is 12.1 Å². The van der Waals surface area contributed by atoms with Crippen LogP contribution >= 0.6 is 0 Å². The standard InChI is InChI=1S/C16H18FNO3/c17-13-5-7-15(8-6-13)21-11-14(19)10-18-9-12-3-1-2-4-16(12)20/h1-8,14,18-20H,9-11H2. The second-order valence-corrected chi connectivity index (χ2v) is 4.68. The van der Waals surface area contributed by atoms with Crippen molar-refractivity contribution in [3.05, 3.63) is 59.9 Å². The van der Waals surface area contributed by atoms with Crippen molar-refractivity contribution in [1.82, 2.24) is 5.32 Å². The Labute approximate surface area is 122 Å². The predicted octanol–water partition coefficient (Wildman–Crippen LogP) is 2.06. The predicted molar refractivity (Wildman–Crippen MR) is 77.7 cm³/mol. The maximum absolute atomic E-state index is 12.7. The molecule has 0 fully saturated rings. The number of hydrogen-bond acceptors (Lipinski definition) is 4. The third-order valence-electron chi connectivity index (χ3n) is 2.94. The summed E-state index contributed by atoms with van der Waals surface area (Å²) in [4.78, 5) is 0. The number of halogens is 1. The first-order chi connectivity index (χ1) is 10.1. The van der Waals surface area contributed by atoms with Gasteiger partial charge >= 0.3 is 0 Å². The number of para-hydroxylation sites is 1. The van der Waals surface area contributed by atoms with Gasteiger partial charge in [-0.2, -0.15) is 0 Å². The normalized spacial score (nSPS) is 12.1. The zero-order valence-corrected chi connectivity index (χ0v) is 11.5. The highest BCUT2D eigenvalue weighted by molar-refractivity contribution is 5.31. The summed E-state index contributed by atoms with van der Waals surface area (Å²) >= 11 is 0. The molecular weight excluding hydrogens is 273 g/mol. The van der Waals surface area contributed by atoms with Gasteiger partial charge in [0.2, 0.25) is 0 Å². The van der Waals surface area contributed by atoms with Gasteiger partial charge in [-0.3, -0.25) is 0 Å². The van der Waals surface area contributed by atoms with Crippen molar-refractivity contribution in [3.63, 3.8) is 0 Å². The van der Waals surface area contributed by atoms with E-state index in [1.165, 1.54) is 24.3 Å². The minimum Gasteiger partial charge on any atom is -0.508 e. The molecule has 3 N–H and O–H groups in total. The summed E-state index contributed by atoms with van der Waals surface area (Å²) < 4.78 is 18.1. The zero-order chi connectivity index (χ0) is 15.1. The smallest absolute Gasteiger partial charge is 0.123 e. The van der Waals surface area contributed by atoms with Crippen molar-refractivity contribution >= 4 is 0 Å². The summed E-state index contributed by atoms with van der Waals surface area (Å²) in [5.74, 6) is 0.408. The zero-order valence-electron chi connectivity index (χ0n) is 11.5. The van der Waals surface area contributed by atoms with Crippen molar-refractivity contribution in [1.29, 1.82) is 0 Å². The van der Waals surface area contributed by atoms with Crippen molar-refractivity contribution in [2.75, 3.05) is 13.2 Å². The Morgan fingerprint density at radius 2 is 1.81 bits per heavy atom. The minimum absolute atomic E-state index is 0.111. The molecule has 5 heteroatoms. The van der Waals surface area contributed by atoms with Crippen LogP contribution in [-0.2, 0) is 6.54 Å². The Hall–Kier alpha value is -2.11. The van der Waals surface area contributed by atoms with E-state index in [0.29, 0.717) is 18.8 Å². The number of nitrogens with one attached hydrogen (secondary N) is 1. The maximum Gasteiger partial charge on any atom is 0.123 e. The van der Waals surface area contributed by atoms with Crippen LogP contribution in [0.3, 0.4) is 0 Å². The number of aliphatic hydroxyl groups excluding tert-OH is 1. The molecule has 0 bridgehead atoms. The van der Waals surface area contributed by atoms with Gasteiger partial charge in [-0.25, -0.2) is 4.39 Å². The Bertz CT molecular complexity index is 560. The van der Waals surface area contributed by atoms with Crippen molar-refractivity contribution in [3.8, 4) is 11.5 Å². The number of ether oxygens (including phenoxy) is 1. The van der Waals surface area contributed by atoms with Gasteiger partial charge in [0, 0.05) is 18.7 Å². The molecule has 0 heterocycles. The molecule has 0 spiro atoms. The molecule has 1 atom stereocenters. The number of phenols is 1. The van der Waals surface area contributed by atoms with Crippen LogP contribution in [0, 0.1) is 5.82 Å². The number of hydrogen-bond donors (Lipinski definition) is 3. The first-order valence-corrected chi connectivity index (χ1v) is 6.69.